The van der Waals surface area contributed by atoms with Gasteiger partial charge in [-0.1, -0.05) is 5.92 Å². The lowest BCUT2D eigenvalue weighted by Gasteiger charge is -2.15. The molecule has 0 amide bonds. The van der Waals surface area contributed by atoms with Crippen molar-refractivity contribution in [2.45, 2.75) is 24.7 Å². The van der Waals surface area contributed by atoms with Gasteiger partial charge < -0.3 is 24.2 Å². The van der Waals surface area contributed by atoms with E-state index in [4.69, 9.17) is 20.9 Å². The van der Waals surface area contributed by atoms with E-state index in [-0.39, 0.29) is 6.61 Å². The van der Waals surface area contributed by atoms with Crippen molar-refractivity contribution in [3.8, 4) is 12.3 Å². The van der Waals surface area contributed by atoms with E-state index in [1.807, 2.05) is 0 Å². The monoisotopic (exact) mass is 238 g/mol. The summed E-state index contributed by atoms with van der Waals surface area (Å²) in [6.45, 7) is -3.85. The summed E-state index contributed by atoms with van der Waals surface area (Å²) in [6, 6.07) is 0. The van der Waals surface area contributed by atoms with Crippen LogP contribution in [0.4, 0.5) is 0 Å². The lowest BCUT2D eigenvalue weighted by atomic mass is 10.1. The molecule has 0 aromatic heterocycles. The van der Waals surface area contributed by atoms with Gasteiger partial charge in [-0.2, -0.15) is 0 Å². The molecule has 14 heavy (non-hydrogen) atoms. The molecule has 1 aliphatic heterocycles. The van der Waals surface area contributed by atoms with Crippen LogP contribution in [0.3, 0.4) is 0 Å². The van der Waals surface area contributed by atoms with E-state index in [9.17, 15) is 5.11 Å². The Labute approximate surface area is 86.9 Å². The van der Waals surface area contributed by atoms with Crippen molar-refractivity contribution in [1.82, 2.24) is 0 Å². The average molecular weight is 238 g/mol. The van der Waals surface area contributed by atoms with E-state index >= 15 is 0 Å². The zero-order valence-corrected chi connectivity index (χ0v) is 8.95. The molecule has 0 saturated carbocycles. The molecular formula is C7H11O5PS. The average Bonchev–Trinajstić information content (AvgIpc) is 2.42. The quantitative estimate of drug-likeness (QED) is 0.448. The van der Waals surface area contributed by atoms with Gasteiger partial charge in [-0.05, 0) is 11.8 Å². The Morgan fingerprint density at radius 3 is 2.71 bits per heavy atom. The van der Waals surface area contributed by atoms with Gasteiger partial charge in [0.2, 0.25) is 0 Å². The molecule has 0 unspecified atom stereocenters. The fourth-order valence-electron chi connectivity index (χ4n) is 1.16. The van der Waals surface area contributed by atoms with Crippen molar-refractivity contribution in [2.75, 3.05) is 6.61 Å². The van der Waals surface area contributed by atoms with Crippen LogP contribution in [0.15, 0.2) is 0 Å². The largest absolute Gasteiger partial charge is 0.390 e. The molecule has 1 heterocycles. The van der Waals surface area contributed by atoms with Gasteiger partial charge in [0.05, 0.1) is 12.7 Å². The zero-order valence-electron chi connectivity index (χ0n) is 7.24. The molecule has 5 nitrogen and oxygen atoms in total. The van der Waals surface area contributed by atoms with Crippen LogP contribution in [-0.2, 0) is 21.1 Å². The maximum absolute atomic E-state index is 9.40. The highest BCUT2D eigenvalue weighted by Gasteiger charge is 2.33. The summed E-state index contributed by atoms with van der Waals surface area (Å²) >= 11 is 4.24. The first-order valence-corrected chi connectivity index (χ1v) is 6.54. The second kappa shape index (κ2) is 4.69. The summed E-state index contributed by atoms with van der Waals surface area (Å²) in [5.74, 6) is 2.34. The standard InChI is InChI=1S/C7H11O5PS/c1-2-5-3-6(8)7(12-5)4-11-13(9,10)14/h1,5-8H,3-4H2,(H2,9,10,14)/t5-,6-,7+/m0/s1. The first-order chi connectivity index (χ1) is 6.42. The fourth-order valence-corrected chi connectivity index (χ4v) is 1.68. The maximum Gasteiger partial charge on any atom is 0.321 e. The highest BCUT2D eigenvalue weighted by atomic mass is 32.5. The summed E-state index contributed by atoms with van der Waals surface area (Å²) in [5, 5.41) is 9.40. The Bertz CT molecular complexity index is 282. The molecule has 7 heteroatoms. The highest BCUT2D eigenvalue weighted by Crippen LogP contribution is 2.37. The van der Waals surface area contributed by atoms with Gasteiger partial charge >= 0.3 is 6.72 Å². The zero-order chi connectivity index (χ0) is 10.8. The Morgan fingerprint density at radius 1 is 1.64 bits per heavy atom. The smallest absolute Gasteiger partial charge is 0.321 e. The minimum atomic E-state index is -3.68. The molecule has 3 atom stereocenters. The van der Waals surface area contributed by atoms with Gasteiger partial charge in [0.15, 0.2) is 0 Å². The third-order valence-electron chi connectivity index (χ3n) is 1.82. The molecule has 1 aliphatic rings. The van der Waals surface area contributed by atoms with Gasteiger partial charge in [0.25, 0.3) is 0 Å². The van der Waals surface area contributed by atoms with Crippen molar-refractivity contribution in [1.29, 1.82) is 0 Å². The molecule has 0 radical (unpaired) electrons. The topological polar surface area (TPSA) is 79.2 Å². The van der Waals surface area contributed by atoms with Crippen LogP contribution in [0, 0.1) is 12.3 Å². The molecule has 3 N–H and O–H groups in total. The van der Waals surface area contributed by atoms with Gasteiger partial charge in [-0.3, -0.25) is 0 Å². The number of ether oxygens (including phenoxy) is 1. The van der Waals surface area contributed by atoms with Gasteiger partial charge in [-0.15, -0.1) is 6.42 Å². The molecule has 1 fully saturated rings. The Balaban J connectivity index is 2.40. The lowest BCUT2D eigenvalue weighted by molar-refractivity contribution is -0.00491. The molecule has 0 bridgehead atoms. The van der Waals surface area contributed by atoms with Crippen molar-refractivity contribution in [3.63, 3.8) is 0 Å². The van der Waals surface area contributed by atoms with Crippen molar-refractivity contribution in [3.05, 3.63) is 0 Å². The van der Waals surface area contributed by atoms with Crippen molar-refractivity contribution >= 4 is 18.5 Å². The van der Waals surface area contributed by atoms with E-state index in [0.717, 1.165) is 0 Å². The number of aliphatic hydroxyl groups is 1. The predicted molar refractivity (Wildman–Crippen MR) is 52.8 cm³/mol. The molecule has 0 aromatic rings. The predicted octanol–water partition coefficient (Wildman–Crippen LogP) is -0.636. The van der Waals surface area contributed by atoms with Gasteiger partial charge in [0, 0.05) is 6.42 Å². The van der Waals surface area contributed by atoms with Crippen LogP contribution in [0.5, 0.6) is 0 Å². The summed E-state index contributed by atoms with van der Waals surface area (Å²) in [5.41, 5.74) is 0. The number of rotatable bonds is 3. The summed E-state index contributed by atoms with van der Waals surface area (Å²) in [7, 11) is 0. The van der Waals surface area contributed by atoms with Gasteiger partial charge in [-0.25, -0.2) is 0 Å². The van der Waals surface area contributed by atoms with E-state index in [0.29, 0.717) is 6.42 Å². The lowest BCUT2D eigenvalue weighted by Crippen LogP contribution is -2.25. The minimum Gasteiger partial charge on any atom is -0.390 e. The fraction of sp³-hybridized carbons (Fsp3) is 0.714. The van der Waals surface area contributed by atoms with Crippen LogP contribution < -0.4 is 0 Å². The van der Waals surface area contributed by atoms with Crippen molar-refractivity contribution in [2.24, 2.45) is 0 Å². The van der Waals surface area contributed by atoms with Crippen LogP contribution in [0.2, 0.25) is 0 Å². The molecule has 0 spiro atoms. The number of terminal acetylenes is 1. The Morgan fingerprint density at radius 2 is 2.29 bits per heavy atom. The van der Waals surface area contributed by atoms with Gasteiger partial charge in [0.1, 0.15) is 12.2 Å². The first kappa shape index (κ1) is 12.1. The van der Waals surface area contributed by atoms with Crippen LogP contribution in [0.1, 0.15) is 6.42 Å². The van der Waals surface area contributed by atoms with Crippen LogP contribution >= 0.6 is 6.72 Å². The SMILES string of the molecule is C#C[C@H]1C[C@H](O)[C@@H](COP(O)(O)=S)O1. The van der Waals surface area contributed by atoms with E-state index in [1.165, 1.54) is 0 Å². The number of hydrogen-bond donors (Lipinski definition) is 3. The second-order valence-electron chi connectivity index (χ2n) is 2.92. The molecule has 0 aromatic carbocycles. The second-order valence-corrected chi connectivity index (χ2v) is 5.59. The number of aliphatic hydroxyl groups excluding tert-OH is 1. The maximum atomic E-state index is 9.40. The first-order valence-electron chi connectivity index (χ1n) is 3.92. The van der Waals surface area contributed by atoms with Crippen molar-refractivity contribution < 1.29 is 24.2 Å². The Hall–Kier alpha value is 0.01000. The van der Waals surface area contributed by atoms with E-state index in [2.05, 4.69) is 22.3 Å². The molecular weight excluding hydrogens is 227 g/mol. The van der Waals surface area contributed by atoms with E-state index in [1.54, 1.807) is 0 Å². The molecule has 0 aliphatic carbocycles. The third kappa shape index (κ3) is 3.64. The molecule has 80 valence electrons. The summed E-state index contributed by atoms with van der Waals surface area (Å²) < 4.78 is 9.72. The van der Waals surface area contributed by atoms with Crippen LogP contribution in [-0.4, -0.2) is 39.8 Å². The third-order valence-corrected chi connectivity index (χ3v) is 2.62. The highest BCUT2D eigenvalue weighted by molar-refractivity contribution is 8.06. The molecule has 1 saturated heterocycles. The normalized spacial score (nSPS) is 32.9. The summed E-state index contributed by atoms with van der Waals surface area (Å²) in [4.78, 5) is 17.5. The van der Waals surface area contributed by atoms with E-state index < -0.39 is 25.0 Å². The number of hydrogen-bond acceptors (Lipinski definition) is 4. The molecule has 1 rings (SSSR count). The minimum absolute atomic E-state index is 0.163. The Kier molecular flexibility index (Phi) is 4.04. The van der Waals surface area contributed by atoms with Crippen LogP contribution in [0.25, 0.3) is 0 Å². The summed E-state index contributed by atoms with van der Waals surface area (Å²) in [6.07, 6.45) is 3.58.